The molecular formula is C8H14ClNO2. The Labute approximate surface area is 77.7 Å². The van der Waals surface area contributed by atoms with Gasteiger partial charge in [-0.2, -0.15) is 0 Å². The van der Waals surface area contributed by atoms with Crippen LogP contribution in [-0.2, 0) is 4.79 Å². The predicted molar refractivity (Wildman–Crippen MR) is 47.2 cm³/mol. The summed E-state index contributed by atoms with van der Waals surface area (Å²) in [6.07, 6.45) is 3.28. The molecule has 0 heterocycles. The van der Waals surface area contributed by atoms with Gasteiger partial charge >= 0.3 is 5.97 Å². The maximum Gasteiger partial charge on any atom is 0.308 e. The smallest absolute Gasteiger partial charge is 0.308 e. The van der Waals surface area contributed by atoms with Crippen molar-refractivity contribution in [1.29, 1.82) is 0 Å². The summed E-state index contributed by atoms with van der Waals surface area (Å²) >= 11 is 0. The Balaban J connectivity index is 0.000000720. The van der Waals surface area contributed by atoms with Crippen LogP contribution in [0.3, 0.4) is 0 Å². The summed E-state index contributed by atoms with van der Waals surface area (Å²) in [5.74, 6) is -0.0490. The van der Waals surface area contributed by atoms with Crippen molar-refractivity contribution < 1.29 is 9.90 Å². The fourth-order valence-electron chi connectivity index (χ4n) is 2.70. The van der Waals surface area contributed by atoms with Gasteiger partial charge in [-0.25, -0.2) is 0 Å². The van der Waals surface area contributed by atoms with E-state index >= 15 is 0 Å². The van der Waals surface area contributed by atoms with Crippen LogP contribution in [-0.4, -0.2) is 17.1 Å². The average Bonchev–Trinajstić information content (AvgIpc) is 2.44. The molecular weight excluding hydrogens is 178 g/mol. The van der Waals surface area contributed by atoms with Crippen LogP contribution in [0.25, 0.3) is 0 Å². The number of carboxylic acids is 1. The number of rotatable bonds is 1. The second-order valence-corrected chi connectivity index (χ2v) is 3.77. The molecule has 0 spiro atoms. The molecule has 12 heavy (non-hydrogen) atoms. The Hall–Kier alpha value is -0.280. The van der Waals surface area contributed by atoms with Gasteiger partial charge in [0, 0.05) is 6.04 Å². The summed E-state index contributed by atoms with van der Waals surface area (Å²) in [4.78, 5) is 10.7. The molecule has 70 valence electrons. The third-order valence-electron chi connectivity index (χ3n) is 3.27. The molecule has 2 bridgehead atoms. The molecule has 4 atom stereocenters. The van der Waals surface area contributed by atoms with Crippen LogP contribution in [0.15, 0.2) is 0 Å². The second-order valence-electron chi connectivity index (χ2n) is 3.77. The molecule has 0 unspecified atom stereocenters. The van der Waals surface area contributed by atoms with Crippen LogP contribution in [0.1, 0.15) is 19.3 Å². The minimum absolute atomic E-state index is 0. The molecule has 0 aromatic rings. The minimum Gasteiger partial charge on any atom is -0.481 e. The molecule has 2 rings (SSSR count). The minimum atomic E-state index is -0.690. The monoisotopic (exact) mass is 191 g/mol. The first-order chi connectivity index (χ1) is 5.20. The number of hydrogen-bond acceptors (Lipinski definition) is 2. The Kier molecular flexibility index (Phi) is 2.64. The molecule has 3 nitrogen and oxygen atoms in total. The third-order valence-corrected chi connectivity index (χ3v) is 3.27. The van der Waals surface area contributed by atoms with Crippen molar-refractivity contribution in [2.75, 3.05) is 0 Å². The van der Waals surface area contributed by atoms with E-state index in [1.165, 1.54) is 0 Å². The zero-order valence-corrected chi connectivity index (χ0v) is 7.59. The van der Waals surface area contributed by atoms with E-state index in [9.17, 15) is 4.79 Å². The highest BCUT2D eigenvalue weighted by atomic mass is 35.5. The molecule has 0 amide bonds. The van der Waals surface area contributed by atoms with Gasteiger partial charge in [0.05, 0.1) is 5.92 Å². The van der Waals surface area contributed by atoms with Crippen molar-refractivity contribution in [2.24, 2.45) is 23.5 Å². The molecule has 4 heteroatoms. The van der Waals surface area contributed by atoms with Gasteiger partial charge in [0.15, 0.2) is 0 Å². The van der Waals surface area contributed by atoms with E-state index in [1.54, 1.807) is 0 Å². The molecule has 2 fully saturated rings. The van der Waals surface area contributed by atoms with Crippen molar-refractivity contribution >= 4 is 18.4 Å². The van der Waals surface area contributed by atoms with E-state index < -0.39 is 5.97 Å². The number of halogens is 1. The number of carbonyl (C=O) groups is 1. The Morgan fingerprint density at radius 2 is 1.92 bits per heavy atom. The van der Waals surface area contributed by atoms with E-state index in [0.29, 0.717) is 11.8 Å². The van der Waals surface area contributed by atoms with Crippen molar-refractivity contribution in [1.82, 2.24) is 0 Å². The molecule has 3 N–H and O–H groups in total. The molecule has 0 saturated heterocycles. The van der Waals surface area contributed by atoms with E-state index in [4.69, 9.17) is 10.8 Å². The predicted octanol–water partition coefficient (Wildman–Crippen LogP) is 0.866. The zero-order chi connectivity index (χ0) is 8.01. The Morgan fingerprint density at radius 3 is 2.25 bits per heavy atom. The SMILES string of the molecule is Cl.N[C@H]1[C@H]2CC[C@H](C2)[C@H]1C(=O)O. The van der Waals surface area contributed by atoms with Crippen LogP contribution in [0.4, 0.5) is 0 Å². The number of carboxylic acid groups (broad SMARTS) is 1. The van der Waals surface area contributed by atoms with Crippen molar-refractivity contribution in [3.8, 4) is 0 Å². The summed E-state index contributed by atoms with van der Waals surface area (Å²) in [5, 5.41) is 8.83. The van der Waals surface area contributed by atoms with E-state index in [0.717, 1.165) is 19.3 Å². The Bertz CT molecular complexity index is 195. The van der Waals surface area contributed by atoms with Crippen molar-refractivity contribution in [2.45, 2.75) is 25.3 Å². The van der Waals surface area contributed by atoms with E-state index in [1.807, 2.05) is 0 Å². The first-order valence-corrected chi connectivity index (χ1v) is 4.18. The van der Waals surface area contributed by atoms with Gasteiger partial charge < -0.3 is 10.8 Å². The van der Waals surface area contributed by atoms with Crippen LogP contribution in [0.2, 0.25) is 0 Å². The molecule has 0 radical (unpaired) electrons. The maximum atomic E-state index is 10.7. The van der Waals surface area contributed by atoms with Crippen LogP contribution >= 0.6 is 12.4 Å². The molecule has 2 aliphatic carbocycles. The molecule has 2 aliphatic rings. The first kappa shape index (κ1) is 9.81. The quantitative estimate of drug-likeness (QED) is 0.647. The topological polar surface area (TPSA) is 63.3 Å². The van der Waals surface area contributed by atoms with Crippen molar-refractivity contribution in [3.05, 3.63) is 0 Å². The molecule has 0 aliphatic heterocycles. The van der Waals surface area contributed by atoms with Gasteiger partial charge in [0.1, 0.15) is 0 Å². The lowest BCUT2D eigenvalue weighted by atomic mass is 9.85. The van der Waals surface area contributed by atoms with Gasteiger partial charge in [-0.15, -0.1) is 12.4 Å². The normalized spacial score (nSPS) is 44.1. The average molecular weight is 192 g/mol. The van der Waals surface area contributed by atoms with Crippen LogP contribution < -0.4 is 5.73 Å². The highest BCUT2D eigenvalue weighted by Gasteiger charge is 2.49. The zero-order valence-electron chi connectivity index (χ0n) is 6.77. The largest absolute Gasteiger partial charge is 0.481 e. The summed E-state index contributed by atoms with van der Waals surface area (Å²) < 4.78 is 0. The van der Waals surface area contributed by atoms with E-state index in [-0.39, 0.29) is 24.4 Å². The van der Waals surface area contributed by atoms with Gasteiger partial charge in [0.2, 0.25) is 0 Å². The van der Waals surface area contributed by atoms with Gasteiger partial charge in [-0.3, -0.25) is 4.79 Å². The fourth-order valence-corrected chi connectivity index (χ4v) is 2.70. The van der Waals surface area contributed by atoms with Crippen LogP contribution in [0.5, 0.6) is 0 Å². The highest BCUT2D eigenvalue weighted by Crippen LogP contribution is 2.47. The summed E-state index contributed by atoms with van der Waals surface area (Å²) in [5.41, 5.74) is 5.78. The lowest BCUT2D eigenvalue weighted by Crippen LogP contribution is -2.40. The molecule has 2 saturated carbocycles. The molecule has 0 aromatic heterocycles. The van der Waals surface area contributed by atoms with E-state index in [2.05, 4.69) is 0 Å². The van der Waals surface area contributed by atoms with Crippen LogP contribution in [0, 0.1) is 17.8 Å². The number of aliphatic carboxylic acids is 1. The standard InChI is InChI=1S/C8H13NO2.ClH/c9-7-5-2-1-4(3-5)6(7)8(10)11;/h4-7H,1-3,9H2,(H,10,11);1H/t4-,5+,6-,7+;/m1./s1. The van der Waals surface area contributed by atoms with Crippen molar-refractivity contribution in [3.63, 3.8) is 0 Å². The number of nitrogens with two attached hydrogens (primary N) is 1. The Morgan fingerprint density at radius 1 is 1.33 bits per heavy atom. The van der Waals surface area contributed by atoms with Gasteiger partial charge in [-0.1, -0.05) is 0 Å². The molecule has 0 aromatic carbocycles. The summed E-state index contributed by atoms with van der Waals surface area (Å²) in [6, 6.07) is -0.0637. The third kappa shape index (κ3) is 1.21. The maximum absolute atomic E-state index is 10.7. The van der Waals surface area contributed by atoms with Gasteiger partial charge in [0.25, 0.3) is 0 Å². The lowest BCUT2D eigenvalue weighted by molar-refractivity contribution is -0.144. The highest BCUT2D eigenvalue weighted by molar-refractivity contribution is 5.85. The van der Waals surface area contributed by atoms with Gasteiger partial charge in [-0.05, 0) is 31.1 Å². The summed E-state index contributed by atoms with van der Waals surface area (Å²) in [7, 11) is 0. The summed E-state index contributed by atoms with van der Waals surface area (Å²) in [6.45, 7) is 0. The fraction of sp³-hybridized carbons (Fsp3) is 0.875. The first-order valence-electron chi connectivity index (χ1n) is 4.18. The second kappa shape index (κ2) is 3.23. The lowest BCUT2D eigenvalue weighted by Gasteiger charge is -2.23. The number of hydrogen-bond donors (Lipinski definition) is 2. The number of fused-ring (bicyclic) bond motifs is 2.